The van der Waals surface area contributed by atoms with E-state index in [1.54, 1.807) is 6.92 Å². The van der Waals surface area contributed by atoms with E-state index in [0.29, 0.717) is 0 Å². The van der Waals surface area contributed by atoms with Crippen molar-refractivity contribution in [2.24, 2.45) is 5.90 Å². The number of nitrogens with two attached hydrogens (primary N) is 1. The van der Waals surface area contributed by atoms with Gasteiger partial charge in [0.25, 0.3) is 0 Å². The first-order valence-corrected chi connectivity index (χ1v) is 2.76. The first-order valence-electron chi connectivity index (χ1n) is 2.01. The van der Waals surface area contributed by atoms with Crippen molar-refractivity contribution in [3.63, 3.8) is 0 Å². The third-order valence-electron chi connectivity index (χ3n) is 0.622. The fraction of sp³-hybridized carbons (Fsp3) is 0.500. The lowest BCUT2D eigenvalue weighted by Crippen LogP contribution is -2.01. The van der Waals surface area contributed by atoms with E-state index in [4.69, 9.17) is 29.1 Å². The van der Waals surface area contributed by atoms with Gasteiger partial charge in [0.05, 0.1) is 6.61 Å². The van der Waals surface area contributed by atoms with Crippen LogP contribution < -0.4 is 5.90 Å². The minimum absolute atomic E-state index is 0.218. The Morgan fingerprint density at radius 3 is 2.25 bits per heavy atom. The Morgan fingerprint density at radius 1 is 1.62 bits per heavy atom. The SMILES string of the molecule is CC(CON)=C(Cl)Cl. The van der Waals surface area contributed by atoms with Gasteiger partial charge in [0.15, 0.2) is 0 Å². The van der Waals surface area contributed by atoms with E-state index in [2.05, 4.69) is 4.84 Å². The van der Waals surface area contributed by atoms with Gasteiger partial charge in [-0.2, -0.15) is 0 Å². The van der Waals surface area contributed by atoms with Crippen LogP contribution in [0, 0.1) is 0 Å². The maximum Gasteiger partial charge on any atom is 0.108 e. The molecule has 48 valence electrons. The molecule has 0 aliphatic rings. The molecule has 0 heterocycles. The molecule has 0 amide bonds. The lowest BCUT2D eigenvalue weighted by molar-refractivity contribution is 0.161. The van der Waals surface area contributed by atoms with Crippen molar-refractivity contribution in [3.05, 3.63) is 10.1 Å². The maximum atomic E-state index is 5.32. The van der Waals surface area contributed by atoms with Crippen LogP contribution in [-0.2, 0) is 4.84 Å². The number of hydrogen-bond donors (Lipinski definition) is 1. The summed E-state index contributed by atoms with van der Waals surface area (Å²) >= 11 is 10.6. The summed E-state index contributed by atoms with van der Waals surface area (Å²) in [6.07, 6.45) is 0. The van der Waals surface area contributed by atoms with Crippen LogP contribution in [0.2, 0.25) is 0 Å². The van der Waals surface area contributed by atoms with Gasteiger partial charge in [0, 0.05) is 0 Å². The van der Waals surface area contributed by atoms with E-state index >= 15 is 0 Å². The summed E-state index contributed by atoms with van der Waals surface area (Å²) < 4.78 is 0.218. The second-order valence-corrected chi connectivity index (χ2v) is 2.30. The quantitative estimate of drug-likeness (QED) is 0.616. The fourth-order valence-corrected chi connectivity index (χ4v) is 0.289. The molecule has 0 saturated carbocycles. The van der Waals surface area contributed by atoms with Gasteiger partial charge in [0.2, 0.25) is 0 Å². The Kier molecular flexibility index (Phi) is 4.28. The van der Waals surface area contributed by atoms with E-state index in [1.165, 1.54) is 0 Å². The van der Waals surface area contributed by atoms with Crippen molar-refractivity contribution >= 4 is 23.2 Å². The highest BCUT2D eigenvalue weighted by molar-refractivity contribution is 6.56. The Morgan fingerprint density at radius 2 is 2.12 bits per heavy atom. The fourth-order valence-electron chi connectivity index (χ4n) is 0.180. The lowest BCUT2D eigenvalue weighted by atomic mass is 10.4. The largest absolute Gasteiger partial charge is 0.300 e. The molecular formula is C4H7Cl2NO. The number of hydrogen-bond acceptors (Lipinski definition) is 2. The molecule has 0 radical (unpaired) electrons. The summed E-state index contributed by atoms with van der Waals surface area (Å²) in [4.78, 5) is 4.24. The molecule has 8 heavy (non-hydrogen) atoms. The van der Waals surface area contributed by atoms with Crippen LogP contribution in [0.15, 0.2) is 10.1 Å². The molecule has 4 heteroatoms. The van der Waals surface area contributed by atoms with Crippen molar-refractivity contribution in [3.8, 4) is 0 Å². The second kappa shape index (κ2) is 4.15. The predicted octanol–water partition coefficient (Wildman–Crippen LogP) is 1.59. The zero-order valence-corrected chi connectivity index (χ0v) is 5.96. The van der Waals surface area contributed by atoms with Gasteiger partial charge in [-0.1, -0.05) is 23.2 Å². The zero-order chi connectivity index (χ0) is 6.57. The minimum atomic E-state index is 0.218. The average molecular weight is 156 g/mol. The Bertz CT molecular complexity index is 98.2. The summed E-state index contributed by atoms with van der Waals surface area (Å²) in [6.45, 7) is 2.02. The molecular weight excluding hydrogens is 149 g/mol. The van der Waals surface area contributed by atoms with Crippen LogP contribution in [0.4, 0.5) is 0 Å². The van der Waals surface area contributed by atoms with E-state index in [0.717, 1.165) is 5.57 Å². The number of rotatable bonds is 2. The highest BCUT2D eigenvalue weighted by Crippen LogP contribution is 2.12. The molecule has 2 nitrogen and oxygen atoms in total. The van der Waals surface area contributed by atoms with Crippen LogP contribution in [-0.4, -0.2) is 6.61 Å². The minimum Gasteiger partial charge on any atom is -0.300 e. The Balaban J connectivity index is 3.62. The summed E-state index contributed by atoms with van der Waals surface area (Å²) in [7, 11) is 0. The molecule has 0 saturated heterocycles. The average Bonchev–Trinajstić information content (AvgIpc) is 1.67. The van der Waals surface area contributed by atoms with Crippen molar-refractivity contribution in [1.29, 1.82) is 0 Å². The van der Waals surface area contributed by atoms with E-state index in [-0.39, 0.29) is 11.1 Å². The predicted molar refractivity (Wildman–Crippen MR) is 34.5 cm³/mol. The topological polar surface area (TPSA) is 35.2 Å². The molecule has 0 aliphatic heterocycles. The first-order chi connectivity index (χ1) is 3.68. The van der Waals surface area contributed by atoms with Crippen LogP contribution in [0.3, 0.4) is 0 Å². The Labute approximate surface area is 58.2 Å². The smallest absolute Gasteiger partial charge is 0.108 e. The highest BCUT2D eigenvalue weighted by Gasteiger charge is 1.92. The van der Waals surface area contributed by atoms with Gasteiger partial charge in [-0.3, -0.25) is 0 Å². The summed E-state index contributed by atoms with van der Waals surface area (Å²) in [5.74, 6) is 4.72. The molecule has 0 aromatic heterocycles. The third kappa shape index (κ3) is 3.27. The van der Waals surface area contributed by atoms with Gasteiger partial charge in [0.1, 0.15) is 4.49 Å². The van der Waals surface area contributed by atoms with Crippen molar-refractivity contribution in [2.45, 2.75) is 6.92 Å². The van der Waals surface area contributed by atoms with E-state index in [9.17, 15) is 0 Å². The monoisotopic (exact) mass is 155 g/mol. The lowest BCUT2D eigenvalue weighted by Gasteiger charge is -1.95. The van der Waals surface area contributed by atoms with Gasteiger partial charge < -0.3 is 4.84 Å². The van der Waals surface area contributed by atoms with Gasteiger partial charge >= 0.3 is 0 Å². The van der Waals surface area contributed by atoms with Crippen LogP contribution in [0.5, 0.6) is 0 Å². The normalized spacial score (nSPS) is 9.00. The molecule has 0 bridgehead atoms. The van der Waals surface area contributed by atoms with Crippen molar-refractivity contribution in [2.75, 3.05) is 6.61 Å². The first kappa shape index (κ1) is 8.24. The zero-order valence-electron chi connectivity index (χ0n) is 4.45. The number of halogens is 2. The Hall–Kier alpha value is 0.240. The molecule has 0 aromatic rings. The molecule has 2 N–H and O–H groups in total. The van der Waals surface area contributed by atoms with Gasteiger partial charge in [-0.05, 0) is 12.5 Å². The van der Waals surface area contributed by atoms with Crippen LogP contribution in [0.25, 0.3) is 0 Å². The molecule has 0 spiro atoms. The molecule has 0 rings (SSSR count). The maximum absolute atomic E-state index is 5.32. The standard InChI is InChI=1S/C4H7Cl2NO/c1-3(2-8-7)4(5)6/h2,7H2,1H3. The van der Waals surface area contributed by atoms with Crippen LogP contribution >= 0.6 is 23.2 Å². The van der Waals surface area contributed by atoms with Gasteiger partial charge in [-0.15, -0.1) is 0 Å². The second-order valence-electron chi connectivity index (χ2n) is 1.35. The van der Waals surface area contributed by atoms with E-state index in [1.807, 2.05) is 0 Å². The molecule has 0 aromatic carbocycles. The van der Waals surface area contributed by atoms with Crippen LogP contribution in [0.1, 0.15) is 6.92 Å². The summed E-state index contributed by atoms with van der Waals surface area (Å²) in [6, 6.07) is 0. The molecule has 0 fully saturated rings. The summed E-state index contributed by atoms with van der Waals surface area (Å²) in [5, 5.41) is 0. The third-order valence-corrected chi connectivity index (χ3v) is 1.27. The molecule has 0 unspecified atom stereocenters. The summed E-state index contributed by atoms with van der Waals surface area (Å²) in [5.41, 5.74) is 0.732. The van der Waals surface area contributed by atoms with Crippen molar-refractivity contribution < 1.29 is 4.84 Å². The van der Waals surface area contributed by atoms with E-state index < -0.39 is 0 Å². The highest BCUT2D eigenvalue weighted by atomic mass is 35.5. The van der Waals surface area contributed by atoms with Gasteiger partial charge in [-0.25, -0.2) is 5.90 Å². The molecule has 0 atom stereocenters. The van der Waals surface area contributed by atoms with Crippen molar-refractivity contribution in [1.82, 2.24) is 0 Å². The molecule has 0 aliphatic carbocycles.